The molecule has 0 aliphatic rings. The van der Waals surface area contributed by atoms with Gasteiger partial charge in [-0.3, -0.25) is 4.68 Å². The number of nitrogens with one attached hydrogen (secondary N) is 1. The van der Waals surface area contributed by atoms with Crippen molar-refractivity contribution >= 4 is 0 Å². The molecule has 15 heavy (non-hydrogen) atoms. The summed E-state index contributed by atoms with van der Waals surface area (Å²) in [5.74, 6) is 0. The predicted molar refractivity (Wildman–Crippen MR) is 64.0 cm³/mol. The molecule has 1 heterocycles. The normalized spacial score (nSPS) is 13.1. The molecule has 0 radical (unpaired) electrons. The number of aryl methyl sites for hydroxylation is 2. The molecule has 1 N–H and O–H groups in total. The average Bonchev–Trinajstić information content (AvgIpc) is 2.46. The molecule has 0 amide bonds. The van der Waals surface area contributed by atoms with E-state index in [-0.39, 0.29) is 0 Å². The zero-order valence-electron chi connectivity index (χ0n) is 10.4. The molecule has 0 saturated carbocycles. The standard InChI is InChI=1S/C12H23N3/c1-5-7-11(13-6-2)9-12-8-10(3)14-15(12)4/h8,11,13H,5-7,9H2,1-4H3. The molecule has 86 valence electrons. The first-order valence-electron chi connectivity index (χ1n) is 5.90. The highest BCUT2D eigenvalue weighted by molar-refractivity contribution is 5.10. The Balaban J connectivity index is 2.60. The van der Waals surface area contributed by atoms with Gasteiger partial charge in [0.1, 0.15) is 0 Å². The second kappa shape index (κ2) is 5.91. The highest BCUT2D eigenvalue weighted by atomic mass is 15.3. The number of likely N-dealkylation sites (N-methyl/N-ethyl adjacent to an activating group) is 1. The summed E-state index contributed by atoms with van der Waals surface area (Å²) >= 11 is 0. The number of nitrogens with zero attached hydrogens (tertiary/aromatic N) is 2. The lowest BCUT2D eigenvalue weighted by atomic mass is 10.1. The van der Waals surface area contributed by atoms with Gasteiger partial charge in [-0.25, -0.2) is 0 Å². The van der Waals surface area contributed by atoms with Gasteiger partial charge in [-0.15, -0.1) is 0 Å². The van der Waals surface area contributed by atoms with E-state index in [1.807, 2.05) is 18.7 Å². The zero-order valence-corrected chi connectivity index (χ0v) is 10.4. The van der Waals surface area contributed by atoms with Crippen molar-refractivity contribution in [2.75, 3.05) is 6.54 Å². The van der Waals surface area contributed by atoms with Crippen molar-refractivity contribution in [3.05, 3.63) is 17.5 Å². The minimum atomic E-state index is 0.592. The summed E-state index contributed by atoms with van der Waals surface area (Å²) in [7, 11) is 2.03. The zero-order chi connectivity index (χ0) is 11.3. The van der Waals surface area contributed by atoms with E-state index in [1.165, 1.54) is 18.5 Å². The molecule has 0 fully saturated rings. The van der Waals surface area contributed by atoms with Gasteiger partial charge in [0.05, 0.1) is 5.69 Å². The topological polar surface area (TPSA) is 29.9 Å². The third kappa shape index (κ3) is 3.67. The first-order chi connectivity index (χ1) is 7.17. The summed E-state index contributed by atoms with van der Waals surface area (Å²) in [5, 5.41) is 7.90. The van der Waals surface area contributed by atoms with Crippen LogP contribution in [-0.4, -0.2) is 22.4 Å². The molecule has 0 aromatic carbocycles. The number of aromatic nitrogens is 2. The van der Waals surface area contributed by atoms with Crippen molar-refractivity contribution in [1.82, 2.24) is 15.1 Å². The molecule has 0 aliphatic carbocycles. The van der Waals surface area contributed by atoms with E-state index in [9.17, 15) is 0 Å². The van der Waals surface area contributed by atoms with E-state index in [0.29, 0.717) is 6.04 Å². The summed E-state index contributed by atoms with van der Waals surface area (Å²) in [5.41, 5.74) is 2.44. The van der Waals surface area contributed by atoms with Crippen molar-refractivity contribution in [2.24, 2.45) is 7.05 Å². The summed E-state index contributed by atoms with van der Waals surface area (Å²) in [6.07, 6.45) is 3.55. The Bertz CT molecular complexity index is 285. The van der Waals surface area contributed by atoms with Crippen LogP contribution in [0.2, 0.25) is 0 Å². The largest absolute Gasteiger partial charge is 0.314 e. The molecule has 1 rings (SSSR count). The van der Waals surface area contributed by atoms with E-state index < -0.39 is 0 Å². The molecule has 3 heteroatoms. The van der Waals surface area contributed by atoms with E-state index in [4.69, 9.17) is 0 Å². The molecule has 1 aromatic heterocycles. The van der Waals surface area contributed by atoms with E-state index in [0.717, 1.165) is 18.7 Å². The van der Waals surface area contributed by atoms with Crippen LogP contribution in [0.4, 0.5) is 0 Å². The van der Waals surface area contributed by atoms with Crippen LogP contribution in [0.3, 0.4) is 0 Å². The van der Waals surface area contributed by atoms with Crippen LogP contribution >= 0.6 is 0 Å². The van der Waals surface area contributed by atoms with Crippen molar-refractivity contribution in [3.8, 4) is 0 Å². The van der Waals surface area contributed by atoms with Crippen LogP contribution in [0.15, 0.2) is 6.07 Å². The molecule has 0 bridgehead atoms. The highest BCUT2D eigenvalue weighted by Gasteiger charge is 2.10. The molecule has 3 nitrogen and oxygen atoms in total. The second-order valence-corrected chi connectivity index (χ2v) is 4.15. The maximum atomic E-state index is 4.37. The van der Waals surface area contributed by atoms with Gasteiger partial charge in [-0.05, 0) is 26.0 Å². The average molecular weight is 209 g/mol. The Morgan fingerprint density at radius 2 is 2.20 bits per heavy atom. The maximum Gasteiger partial charge on any atom is 0.0596 e. The lowest BCUT2D eigenvalue weighted by Crippen LogP contribution is -2.31. The van der Waals surface area contributed by atoms with Gasteiger partial charge in [0.2, 0.25) is 0 Å². The van der Waals surface area contributed by atoms with Gasteiger partial charge in [0.15, 0.2) is 0 Å². The molecule has 0 aliphatic heterocycles. The van der Waals surface area contributed by atoms with E-state index >= 15 is 0 Å². The molecular formula is C12H23N3. The summed E-state index contributed by atoms with van der Waals surface area (Å²) in [6, 6.07) is 2.77. The molecule has 0 saturated heterocycles. The fraction of sp³-hybridized carbons (Fsp3) is 0.750. The SMILES string of the molecule is CCCC(Cc1cc(C)nn1C)NCC. The quantitative estimate of drug-likeness (QED) is 0.777. The minimum Gasteiger partial charge on any atom is -0.314 e. The predicted octanol–water partition coefficient (Wildman–Crippen LogP) is 2.05. The molecular weight excluding hydrogens is 186 g/mol. The van der Waals surface area contributed by atoms with Crippen molar-refractivity contribution in [1.29, 1.82) is 0 Å². The monoisotopic (exact) mass is 209 g/mol. The third-order valence-electron chi connectivity index (χ3n) is 2.68. The maximum absolute atomic E-state index is 4.37. The number of hydrogen-bond donors (Lipinski definition) is 1. The van der Waals surface area contributed by atoms with Gasteiger partial charge in [-0.1, -0.05) is 20.3 Å². The fourth-order valence-corrected chi connectivity index (χ4v) is 2.02. The van der Waals surface area contributed by atoms with Gasteiger partial charge >= 0.3 is 0 Å². The van der Waals surface area contributed by atoms with Gasteiger partial charge in [0, 0.05) is 25.2 Å². The second-order valence-electron chi connectivity index (χ2n) is 4.15. The first kappa shape index (κ1) is 12.2. The Morgan fingerprint density at radius 3 is 2.67 bits per heavy atom. The summed E-state index contributed by atoms with van der Waals surface area (Å²) in [6.45, 7) is 7.49. The lowest BCUT2D eigenvalue weighted by Gasteiger charge is -2.16. The Morgan fingerprint density at radius 1 is 1.47 bits per heavy atom. The van der Waals surface area contributed by atoms with Crippen LogP contribution in [0.1, 0.15) is 38.1 Å². The summed E-state index contributed by atoms with van der Waals surface area (Å²) in [4.78, 5) is 0. The summed E-state index contributed by atoms with van der Waals surface area (Å²) < 4.78 is 2.00. The Kier molecular flexibility index (Phi) is 4.82. The molecule has 1 unspecified atom stereocenters. The smallest absolute Gasteiger partial charge is 0.0596 e. The van der Waals surface area contributed by atoms with Crippen LogP contribution in [0.5, 0.6) is 0 Å². The van der Waals surface area contributed by atoms with Gasteiger partial charge in [0.25, 0.3) is 0 Å². The highest BCUT2D eigenvalue weighted by Crippen LogP contribution is 2.08. The van der Waals surface area contributed by atoms with Crippen LogP contribution < -0.4 is 5.32 Å². The Labute approximate surface area is 92.9 Å². The van der Waals surface area contributed by atoms with E-state index in [2.05, 4.69) is 30.3 Å². The van der Waals surface area contributed by atoms with Crippen LogP contribution in [0, 0.1) is 6.92 Å². The number of hydrogen-bond acceptors (Lipinski definition) is 2. The van der Waals surface area contributed by atoms with Crippen molar-refractivity contribution < 1.29 is 0 Å². The van der Waals surface area contributed by atoms with Gasteiger partial charge < -0.3 is 5.32 Å². The molecule has 0 spiro atoms. The fourth-order valence-electron chi connectivity index (χ4n) is 2.02. The Hall–Kier alpha value is -0.830. The first-order valence-corrected chi connectivity index (χ1v) is 5.90. The lowest BCUT2D eigenvalue weighted by molar-refractivity contribution is 0.473. The van der Waals surface area contributed by atoms with E-state index in [1.54, 1.807) is 0 Å². The minimum absolute atomic E-state index is 0.592. The molecule has 1 aromatic rings. The number of rotatable bonds is 6. The van der Waals surface area contributed by atoms with Crippen LogP contribution in [0.25, 0.3) is 0 Å². The third-order valence-corrected chi connectivity index (χ3v) is 2.68. The van der Waals surface area contributed by atoms with Crippen molar-refractivity contribution in [3.63, 3.8) is 0 Å². The van der Waals surface area contributed by atoms with Gasteiger partial charge in [-0.2, -0.15) is 5.10 Å². The van der Waals surface area contributed by atoms with Crippen molar-refractivity contribution in [2.45, 2.75) is 46.1 Å². The molecule has 1 atom stereocenters. The van der Waals surface area contributed by atoms with Crippen LogP contribution in [-0.2, 0) is 13.5 Å².